The zero-order chi connectivity index (χ0) is 15.7. The minimum Gasteiger partial charge on any atom is -0.343 e. The Hall–Kier alpha value is -1.44. The summed E-state index contributed by atoms with van der Waals surface area (Å²) in [6.45, 7) is 3.14. The Bertz CT molecular complexity index is 647. The molecule has 2 fully saturated rings. The summed E-state index contributed by atoms with van der Waals surface area (Å²) in [7, 11) is -2.91. The minimum atomic E-state index is -2.91. The van der Waals surface area contributed by atoms with Crippen LogP contribution in [0.5, 0.6) is 0 Å². The molecule has 1 aromatic rings. The molecule has 1 amide bonds. The highest BCUT2D eigenvalue weighted by molar-refractivity contribution is 7.91. The summed E-state index contributed by atoms with van der Waals surface area (Å²) in [5.41, 5.74) is 0. The van der Waals surface area contributed by atoms with E-state index in [2.05, 4.69) is 10.1 Å². The summed E-state index contributed by atoms with van der Waals surface area (Å²) in [5, 5.41) is 3.80. The van der Waals surface area contributed by atoms with Crippen molar-refractivity contribution in [3.8, 4) is 0 Å². The molecule has 7 nitrogen and oxygen atoms in total. The number of carbonyl (C=O) groups is 1. The normalized spacial score (nSPS) is 25.5. The molecule has 8 heteroatoms. The summed E-state index contributed by atoms with van der Waals surface area (Å²) < 4.78 is 28.1. The molecule has 0 aromatic carbocycles. The second kappa shape index (κ2) is 5.98. The number of carbonyl (C=O) groups excluding carboxylic acids is 1. The molecule has 22 heavy (non-hydrogen) atoms. The van der Waals surface area contributed by atoms with E-state index in [0.717, 1.165) is 12.8 Å². The van der Waals surface area contributed by atoms with E-state index in [1.54, 1.807) is 6.92 Å². The van der Waals surface area contributed by atoms with Gasteiger partial charge in [-0.25, -0.2) is 8.42 Å². The van der Waals surface area contributed by atoms with Crippen molar-refractivity contribution in [1.29, 1.82) is 0 Å². The molecule has 0 spiro atoms. The molecule has 1 aromatic heterocycles. The van der Waals surface area contributed by atoms with E-state index in [-0.39, 0.29) is 29.2 Å². The summed E-state index contributed by atoms with van der Waals surface area (Å²) in [6.07, 6.45) is 2.60. The van der Waals surface area contributed by atoms with E-state index in [0.29, 0.717) is 37.6 Å². The van der Waals surface area contributed by atoms with E-state index in [9.17, 15) is 13.2 Å². The van der Waals surface area contributed by atoms with Gasteiger partial charge in [-0.15, -0.1) is 0 Å². The highest BCUT2D eigenvalue weighted by Gasteiger charge is 2.32. The van der Waals surface area contributed by atoms with Crippen molar-refractivity contribution in [3.05, 3.63) is 11.7 Å². The Kier molecular flexibility index (Phi) is 4.20. The number of nitrogens with zero attached hydrogens (tertiary/aromatic N) is 3. The van der Waals surface area contributed by atoms with Crippen LogP contribution in [-0.4, -0.2) is 54.0 Å². The van der Waals surface area contributed by atoms with Crippen LogP contribution < -0.4 is 0 Å². The highest BCUT2D eigenvalue weighted by atomic mass is 32.2. The zero-order valence-electron chi connectivity index (χ0n) is 12.7. The van der Waals surface area contributed by atoms with E-state index >= 15 is 0 Å². The smallest absolute Gasteiger partial charge is 0.229 e. The third kappa shape index (κ3) is 3.48. The summed E-state index contributed by atoms with van der Waals surface area (Å²) in [6, 6.07) is 0. The topological polar surface area (TPSA) is 93.4 Å². The number of amides is 1. The molecule has 0 N–H and O–H groups in total. The largest absolute Gasteiger partial charge is 0.343 e. The van der Waals surface area contributed by atoms with Gasteiger partial charge in [0.15, 0.2) is 15.7 Å². The van der Waals surface area contributed by atoms with E-state index < -0.39 is 9.84 Å². The highest BCUT2D eigenvalue weighted by Crippen LogP contribution is 2.28. The van der Waals surface area contributed by atoms with E-state index in [1.165, 1.54) is 0 Å². The predicted octanol–water partition coefficient (Wildman–Crippen LogP) is 0.909. The Morgan fingerprint density at radius 1 is 1.32 bits per heavy atom. The lowest BCUT2D eigenvalue weighted by Gasteiger charge is -2.31. The molecule has 0 radical (unpaired) electrons. The van der Waals surface area contributed by atoms with Crippen LogP contribution in [0.4, 0.5) is 0 Å². The van der Waals surface area contributed by atoms with Gasteiger partial charge in [0.05, 0.1) is 11.5 Å². The van der Waals surface area contributed by atoms with Gasteiger partial charge in [0.25, 0.3) is 0 Å². The number of likely N-dealkylation sites (tertiary alicyclic amines) is 1. The third-order valence-electron chi connectivity index (χ3n) is 4.53. The molecule has 2 saturated heterocycles. The first kappa shape index (κ1) is 15.5. The van der Waals surface area contributed by atoms with Gasteiger partial charge in [0, 0.05) is 25.4 Å². The first-order chi connectivity index (χ1) is 10.4. The van der Waals surface area contributed by atoms with Gasteiger partial charge in [-0.1, -0.05) is 5.16 Å². The van der Waals surface area contributed by atoms with Crippen LogP contribution in [-0.2, 0) is 14.6 Å². The van der Waals surface area contributed by atoms with Gasteiger partial charge in [-0.2, -0.15) is 4.98 Å². The van der Waals surface area contributed by atoms with Gasteiger partial charge in [0.1, 0.15) is 0 Å². The lowest BCUT2D eigenvalue weighted by molar-refractivity contribution is -0.133. The van der Waals surface area contributed by atoms with Gasteiger partial charge in [-0.3, -0.25) is 4.79 Å². The van der Waals surface area contributed by atoms with Crippen LogP contribution in [0.15, 0.2) is 4.52 Å². The van der Waals surface area contributed by atoms with E-state index in [1.807, 2.05) is 4.90 Å². The SMILES string of the molecule is Cc1noc(C2CCN(C(=O)C[C@@H]3CCS(=O)(=O)C3)CC2)n1. The molecule has 122 valence electrons. The van der Waals surface area contributed by atoms with Crippen molar-refractivity contribution in [1.82, 2.24) is 15.0 Å². The molecular formula is C14H21N3O4S. The fourth-order valence-corrected chi connectivity index (χ4v) is 5.13. The number of sulfone groups is 1. The molecule has 0 bridgehead atoms. The van der Waals surface area contributed by atoms with Gasteiger partial charge >= 0.3 is 0 Å². The second-order valence-corrected chi connectivity index (χ2v) is 8.54. The first-order valence-corrected chi connectivity index (χ1v) is 9.53. The van der Waals surface area contributed by atoms with Crippen LogP contribution in [0.3, 0.4) is 0 Å². The maximum atomic E-state index is 12.3. The monoisotopic (exact) mass is 327 g/mol. The number of aryl methyl sites for hydroxylation is 1. The third-order valence-corrected chi connectivity index (χ3v) is 6.37. The van der Waals surface area contributed by atoms with Crippen molar-refractivity contribution in [3.63, 3.8) is 0 Å². The maximum Gasteiger partial charge on any atom is 0.229 e. The Morgan fingerprint density at radius 2 is 2.05 bits per heavy atom. The van der Waals surface area contributed by atoms with Crippen molar-refractivity contribution in [2.45, 2.75) is 38.5 Å². The van der Waals surface area contributed by atoms with Crippen molar-refractivity contribution >= 4 is 15.7 Å². The molecule has 0 saturated carbocycles. The average molecular weight is 327 g/mol. The van der Waals surface area contributed by atoms with Crippen LogP contribution in [0.25, 0.3) is 0 Å². The second-order valence-electron chi connectivity index (χ2n) is 6.31. The Balaban J connectivity index is 1.50. The number of hydrogen-bond acceptors (Lipinski definition) is 6. The van der Waals surface area contributed by atoms with Gasteiger partial charge in [-0.05, 0) is 32.1 Å². The van der Waals surface area contributed by atoms with Gasteiger partial charge < -0.3 is 9.42 Å². The fourth-order valence-electron chi connectivity index (χ4n) is 3.26. The van der Waals surface area contributed by atoms with Crippen molar-refractivity contribution in [2.75, 3.05) is 24.6 Å². The number of hydrogen-bond donors (Lipinski definition) is 0. The molecule has 0 unspecified atom stereocenters. The summed E-state index contributed by atoms with van der Waals surface area (Å²) >= 11 is 0. The summed E-state index contributed by atoms with van der Waals surface area (Å²) in [5.74, 6) is 1.97. The Labute approximate surface area is 130 Å². The predicted molar refractivity (Wildman–Crippen MR) is 79.0 cm³/mol. The quantitative estimate of drug-likeness (QED) is 0.819. The van der Waals surface area contributed by atoms with Crippen molar-refractivity contribution in [2.24, 2.45) is 5.92 Å². The number of rotatable bonds is 3. The zero-order valence-corrected chi connectivity index (χ0v) is 13.5. The number of aromatic nitrogens is 2. The van der Waals surface area contributed by atoms with Gasteiger partial charge in [0.2, 0.25) is 11.8 Å². The minimum absolute atomic E-state index is 0.00573. The van der Waals surface area contributed by atoms with Crippen LogP contribution >= 0.6 is 0 Å². The maximum absolute atomic E-state index is 12.3. The Morgan fingerprint density at radius 3 is 2.59 bits per heavy atom. The van der Waals surface area contributed by atoms with Crippen LogP contribution in [0.2, 0.25) is 0 Å². The van der Waals surface area contributed by atoms with E-state index in [4.69, 9.17) is 4.52 Å². The van der Waals surface area contributed by atoms with Crippen molar-refractivity contribution < 1.29 is 17.7 Å². The molecule has 1 atom stereocenters. The molecule has 3 heterocycles. The summed E-state index contributed by atoms with van der Waals surface area (Å²) in [4.78, 5) is 18.4. The standard InChI is InChI=1S/C14H21N3O4S/c1-10-15-14(21-16-10)12-2-5-17(6-3-12)13(18)8-11-4-7-22(19,20)9-11/h11-12H,2-9H2,1H3/t11-/m0/s1. The van der Waals surface area contributed by atoms with Crippen LogP contribution in [0.1, 0.15) is 43.3 Å². The lowest BCUT2D eigenvalue weighted by atomic mass is 9.95. The fraction of sp³-hybridized carbons (Fsp3) is 0.786. The molecular weight excluding hydrogens is 306 g/mol. The molecule has 2 aliphatic rings. The lowest BCUT2D eigenvalue weighted by Crippen LogP contribution is -2.38. The molecule has 3 rings (SSSR count). The number of piperidine rings is 1. The molecule has 0 aliphatic carbocycles. The van der Waals surface area contributed by atoms with Crippen LogP contribution in [0, 0.1) is 12.8 Å². The first-order valence-electron chi connectivity index (χ1n) is 7.71. The average Bonchev–Trinajstić information content (AvgIpc) is 3.05. The molecule has 2 aliphatic heterocycles.